The molecular weight excluding hydrogens is 168 g/mol. The molecule has 0 aliphatic carbocycles. The largest absolute Gasteiger partial charge is 0.280 e. The minimum Gasteiger partial charge on any atom is -0.280 e. The van der Waals surface area contributed by atoms with Crippen LogP contribution in [-0.4, -0.2) is 16.2 Å². The van der Waals surface area contributed by atoms with Gasteiger partial charge in [-0.15, -0.1) is 11.8 Å². The molecule has 0 amide bonds. The molecule has 0 radical (unpaired) electrons. The Kier molecular flexibility index (Phi) is 5.84. The number of thioether (sulfide) groups is 1. The van der Waals surface area contributed by atoms with Crippen LogP contribution in [0.25, 0.3) is 0 Å². The van der Waals surface area contributed by atoms with E-state index in [1.165, 1.54) is 0 Å². The highest BCUT2D eigenvalue weighted by molar-refractivity contribution is 8.00. The van der Waals surface area contributed by atoms with Gasteiger partial charge in [0, 0.05) is 5.75 Å². The Labute approximate surface area is 70.8 Å². The molecule has 0 saturated heterocycles. The van der Waals surface area contributed by atoms with Crippen molar-refractivity contribution in [3.63, 3.8) is 0 Å². The Morgan fingerprint density at radius 2 is 2.40 bits per heavy atom. The molecule has 0 aliphatic heterocycles. The summed E-state index contributed by atoms with van der Waals surface area (Å²) < 4.78 is 0. The van der Waals surface area contributed by atoms with Crippen LogP contribution in [0.3, 0.4) is 0 Å². The molecule has 0 aromatic rings. The summed E-state index contributed by atoms with van der Waals surface area (Å²) >= 11 is 6.76. The fraction of sp³-hybridized carbons (Fsp3) is 0.571. The maximum Gasteiger partial charge on any atom is 0.234 e. The molecule has 58 valence electrons. The summed E-state index contributed by atoms with van der Waals surface area (Å²) in [6.07, 6.45) is 3.96. The number of hydrogen-bond acceptors (Lipinski definition) is 2. The van der Waals surface area contributed by atoms with E-state index in [-0.39, 0.29) is 10.5 Å². The zero-order valence-corrected chi connectivity index (χ0v) is 7.71. The van der Waals surface area contributed by atoms with E-state index in [9.17, 15) is 4.79 Å². The van der Waals surface area contributed by atoms with Crippen molar-refractivity contribution in [3.8, 4) is 0 Å². The van der Waals surface area contributed by atoms with Crippen molar-refractivity contribution in [1.82, 2.24) is 0 Å². The van der Waals surface area contributed by atoms with Crippen LogP contribution in [0, 0.1) is 0 Å². The summed E-state index contributed by atoms with van der Waals surface area (Å²) in [5, 5.41) is -0.354. The van der Waals surface area contributed by atoms with Crippen LogP contribution in [0.2, 0.25) is 0 Å². The molecular formula is C7H11ClOS. The molecule has 1 unspecified atom stereocenters. The first kappa shape index (κ1) is 10.0. The Bertz CT molecular complexity index is 134. The van der Waals surface area contributed by atoms with Crippen LogP contribution >= 0.6 is 23.4 Å². The molecule has 0 N–H and O–H groups in total. The van der Waals surface area contributed by atoms with Crippen LogP contribution in [-0.2, 0) is 4.79 Å². The van der Waals surface area contributed by atoms with Gasteiger partial charge in [0.15, 0.2) is 0 Å². The van der Waals surface area contributed by atoms with Crippen molar-refractivity contribution in [2.75, 3.05) is 5.75 Å². The molecule has 0 aromatic carbocycles. The number of hydrogen-bond donors (Lipinski definition) is 0. The second kappa shape index (κ2) is 5.81. The van der Waals surface area contributed by atoms with E-state index < -0.39 is 0 Å². The lowest BCUT2D eigenvalue weighted by Crippen LogP contribution is -2.05. The van der Waals surface area contributed by atoms with Gasteiger partial charge in [-0.3, -0.25) is 4.79 Å². The molecule has 0 aromatic heterocycles. The Morgan fingerprint density at radius 3 is 2.80 bits per heavy atom. The number of carbonyl (C=O) groups is 1. The van der Waals surface area contributed by atoms with Crippen molar-refractivity contribution in [2.45, 2.75) is 19.1 Å². The van der Waals surface area contributed by atoms with Gasteiger partial charge in [0.25, 0.3) is 0 Å². The highest BCUT2D eigenvalue weighted by atomic mass is 35.5. The van der Waals surface area contributed by atoms with Crippen LogP contribution in [0.4, 0.5) is 0 Å². The lowest BCUT2D eigenvalue weighted by molar-refractivity contribution is -0.111. The van der Waals surface area contributed by atoms with Gasteiger partial charge in [-0.25, -0.2) is 0 Å². The van der Waals surface area contributed by atoms with Gasteiger partial charge in [-0.05, 0) is 25.4 Å². The highest BCUT2D eigenvalue weighted by Gasteiger charge is 2.07. The Morgan fingerprint density at radius 1 is 1.80 bits per heavy atom. The van der Waals surface area contributed by atoms with Gasteiger partial charge < -0.3 is 0 Å². The van der Waals surface area contributed by atoms with Crippen LogP contribution < -0.4 is 0 Å². The van der Waals surface area contributed by atoms with Gasteiger partial charge in [0.1, 0.15) is 0 Å². The molecule has 0 bridgehead atoms. The summed E-state index contributed by atoms with van der Waals surface area (Å²) in [6.45, 7) is 3.76. The Hall–Kier alpha value is 0.0500. The van der Waals surface area contributed by atoms with Gasteiger partial charge in [0.2, 0.25) is 5.24 Å². The first-order chi connectivity index (χ1) is 4.68. The fourth-order valence-corrected chi connectivity index (χ4v) is 1.27. The summed E-state index contributed by atoms with van der Waals surface area (Å²) in [6, 6.07) is 0. The van der Waals surface area contributed by atoms with E-state index in [2.05, 4.69) is 0 Å². The average Bonchev–Trinajstić information content (AvgIpc) is 1.88. The second-order valence-corrected chi connectivity index (χ2v) is 3.60. The molecule has 1 atom stereocenters. The topological polar surface area (TPSA) is 17.1 Å². The minimum absolute atomic E-state index is 0.0853. The molecule has 0 fully saturated rings. The predicted octanol–water partition coefficient (Wildman–Crippen LogP) is 2.45. The van der Waals surface area contributed by atoms with Crippen molar-refractivity contribution >= 4 is 28.6 Å². The average molecular weight is 179 g/mol. The molecule has 10 heavy (non-hydrogen) atoms. The first-order valence-corrected chi connectivity index (χ1v) is 4.53. The summed E-state index contributed by atoms with van der Waals surface area (Å²) in [5.41, 5.74) is 0. The van der Waals surface area contributed by atoms with Gasteiger partial charge in [-0.1, -0.05) is 12.2 Å². The third-order valence-corrected chi connectivity index (χ3v) is 2.55. The number of allylic oxidation sites excluding steroid dienone is 1. The fourth-order valence-electron chi connectivity index (χ4n) is 0.362. The summed E-state index contributed by atoms with van der Waals surface area (Å²) in [4.78, 5) is 10.5. The third kappa shape index (κ3) is 4.89. The lowest BCUT2D eigenvalue weighted by Gasteiger charge is -2.01. The van der Waals surface area contributed by atoms with E-state index in [1.54, 1.807) is 11.8 Å². The SMILES string of the molecule is C/C=C/CSC(C)C(=O)Cl. The summed E-state index contributed by atoms with van der Waals surface area (Å²) in [7, 11) is 0. The molecule has 0 spiro atoms. The van der Waals surface area contributed by atoms with E-state index in [4.69, 9.17) is 11.6 Å². The van der Waals surface area contributed by atoms with E-state index >= 15 is 0 Å². The smallest absolute Gasteiger partial charge is 0.234 e. The lowest BCUT2D eigenvalue weighted by atomic mass is 10.5. The van der Waals surface area contributed by atoms with Crippen molar-refractivity contribution in [1.29, 1.82) is 0 Å². The van der Waals surface area contributed by atoms with Gasteiger partial charge in [-0.2, -0.15) is 0 Å². The molecule has 0 heterocycles. The quantitative estimate of drug-likeness (QED) is 0.486. The maximum atomic E-state index is 10.5. The summed E-state index contributed by atoms with van der Waals surface area (Å²) in [5.74, 6) is 0.857. The predicted molar refractivity (Wildman–Crippen MR) is 47.6 cm³/mol. The van der Waals surface area contributed by atoms with E-state index in [0.717, 1.165) is 5.75 Å². The zero-order valence-electron chi connectivity index (χ0n) is 6.13. The Balaban J connectivity index is 3.39. The van der Waals surface area contributed by atoms with Crippen LogP contribution in [0.15, 0.2) is 12.2 Å². The van der Waals surface area contributed by atoms with Crippen molar-refractivity contribution in [2.24, 2.45) is 0 Å². The standard InChI is InChI=1S/C7H11ClOS/c1-3-4-5-10-6(2)7(8)9/h3-4,6H,5H2,1-2H3/b4-3+. The number of rotatable bonds is 4. The maximum absolute atomic E-state index is 10.5. The van der Waals surface area contributed by atoms with E-state index in [0.29, 0.717) is 0 Å². The molecule has 0 rings (SSSR count). The van der Waals surface area contributed by atoms with Crippen molar-refractivity contribution < 1.29 is 4.79 Å². The van der Waals surface area contributed by atoms with E-state index in [1.807, 2.05) is 26.0 Å². The van der Waals surface area contributed by atoms with Gasteiger partial charge >= 0.3 is 0 Å². The zero-order chi connectivity index (χ0) is 7.98. The normalized spacial score (nSPS) is 13.9. The first-order valence-electron chi connectivity index (χ1n) is 3.10. The second-order valence-electron chi connectivity index (χ2n) is 1.85. The monoisotopic (exact) mass is 178 g/mol. The molecule has 0 aliphatic rings. The number of halogens is 1. The minimum atomic E-state index is -0.269. The van der Waals surface area contributed by atoms with Crippen LogP contribution in [0.1, 0.15) is 13.8 Å². The molecule has 1 nitrogen and oxygen atoms in total. The van der Waals surface area contributed by atoms with Crippen LogP contribution in [0.5, 0.6) is 0 Å². The van der Waals surface area contributed by atoms with Gasteiger partial charge in [0.05, 0.1) is 5.25 Å². The third-order valence-electron chi connectivity index (χ3n) is 0.998. The molecule has 0 saturated carbocycles. The van der Waals surface area contributed by atoms with Crippen molar-refractivity contribution in [3.05, 3.63) is 12.2 Å². The highest BCUT2D eigenvalue weighted by Crippen LogP contribution is 2.12. The molecule has 3 heteroatoms. The number of carbonyl (C=O) groups excluding carboxylic acids is 1.